The van der Waals surface area contributed by atoms with Gasteiger partial charge in [-0.05, 0) is 18.8 Å². The van der Waals surface area contributed by atoms with Gasteiger partial charge in [0, 0.05) is 0 Å². The van der Waals surface area contributed by atoms with Crippen LogP contribution in [-0.4, -0.2) is 23.2 Å². The zero-order valence-corrected chi connectivity index (χ0v) is 7.45. The highest BCUT2D eigenvalue weighted by Crippen LogP contribution is 2.35. The highest BCUT2D eigenvalue weighted by atomic mass is 16.3. The number of aliphatic imine (C=N–C) groups is 1. The zero-order valence-electron chi connectivity index (χ0n) is 7.45. The molecule has 0 saturated heterocycles. The summed E-state index contributed by atoms with van der Waals surface area (Å²) in [5.74, 6) is 0.364. The van der Waals surface area contributed by atoms with Gasteiger partial charge in [0.1, 0.15) is 0 Å². The van der Waals surface area contributed by atoms with Gasteiger partial charge in [-0.2, -0.15) is 0 Å². The Morgan fingerprint density at radius 3 is 2.75 bits per heavy atom. The number of hydrogen-bond donors (Lipinski definition) is 3. The Morgan fingerprint density at radius 1 is 1.67 bits per heavy atom. The third-order valence-corrected chi connectivity index (χ3v) is 2.70. The van der Waals surface area contributed by atoms with E-state index < -0.39 is 5.60 Å². The van der Waals surface area contributed by atoms with Gasteiger partial charge in [-0.15, -0.1) is 0 Å². The van der Waals surface area contributed by atoms with Crippen molar-refractivity contribution in [2.75, 3.05) is 6.54 Å². The van der Waals surface area contributed by atoms with Crippen molar-refractivity contribution in [1.82, 2.24) is 0 Å². The van der Waals surface area contributed by atoms with E-state index >= 15 is 0 Å². The molecular formula is C8H17N3O. The number of rotatable bonds is 2. The molecule has 4 heteroatoms. The van der Waals surface area contributed by atoms with Crippen molar-refractivity contribution in [2.45, 2.75) is 31.8 Å². The van der Waals surface area contributed by atoms with Gasteiger partial charge in [-0.1, -0.05) is 13.3 Å². The minimum absolute atomic E-state index is 0.0579. The Kier molecular flexibility index (Phi) is 2.57. The molecule has 0 aromatic carbocycles. The molecule has 1 fully saturated rings. The Balaban J connectivity index is 2.54. The summed E-state index contributed by atoms with van der Waals surface area (Å²) in [6.45, 7) is 2.38. The molecule has 1 saturated carbocycles. The van der Waals surface area contributed by atoms with Crippen LogP contribution in [0.1, 0.15) is 26.2 Å². The molecule has 1 aliphatic rings. The van der Waals surface area contributed by atoms with Gasteiger partial charge < -0.3 is 16.6 Å². The quantitative estimate of drug-likeness (QED) is 0.397. The Morgan fingerprint density at radius 2 is 2.33 bits per heavy atom. The fraction of sp³-hybridized carbons (Fsp3) is 0.875. The maximum Gasteiger partial charge on any atom is 0.186 e. The molecule has 0 radical (unpaired) electrons. The van der Waals surface area contributed by atoms with Crippen molar-refractivity contribution in [3.05, 3.63) is 0 Å². The first-order valence-electron chi connectivity index (χ1n) is 4.32. The predicted octanol–water partition coefficient (Wildman–Crippen LogP) is -0.189. The van der Waals surface area contributed by atoms with E-state index in [1.807, 2.05) is 6.92 Å². The van der Waals surface area contributed by atoms with E-state index in [1.165, 1.54) is 0 Å². The molecule has 1 aliphatic carbocycles. The Labute approximate surface area is 72.7 Å². The molecule has 4 nitrogen and oxygen atoms in total. The van der Waals surface area contributed by atoms with Crippen molar-refractivity contribution in [2.24, 2.45) is 22.4 Å². The van der Waals surface area contributed by atoms with E-state index in [4.69, 9.17) is 11.5 Å². The topological polar surface area (TPSA) is 84.6 Å². The normalized spacial score (nSPS) is 35.0. The van der Waals surface area contributed by atoms with Crippen LogP contribution < -0.4 is 11.5 Å². The molecule has 12 heavy (non-hydrogen) atoms. The summed E-state index contributed by atoms with van der Waals surface area (Å²) in [5, 5.41) is 9.99. The highest BCUT2D eigenvalue weighted by Gasteiger charge is 2.37. The number of nitrogens with two attached hydrogens (primary N) is 2. The van der Waals surface area contributed by atoms with Crippen LogP contribution in [0.3, 0.4) is 0 Å². The fourth-order valence-corrected chi connectivity index (χ4v) is 1.69. The van der Waals surface area contributed by atoms with Gasteiger partial charge in [0.25, 0.3) is 0 Å². The van der Waals surface area contributed by atoms with Gasteiger partial charge in [0.15, 0.2) is 5.96 Å². The molecule has 2 unspecified atom stereocenters. The summed E-state index contributed by atoms with van der Waals surface area (Å²) in [7, 11) is 0. The first-order chi connectivity index (χ1) is 5.54. The second kappa shape index (κ2) is 3.31. The molecule has 0 spiro atoms. The van der Waals surface area contributed by atoms with E-state index in [0.717, 1.165) is 19.3 Å². The van der Waals surface area contributed by atoms with Crippen LogP contribution in [-0.2, 0) is 0 Å². The average Bonchev–Trinajstić information content (AvgIpc) is 2.30. The third kappa shape index (κ3) is 1.88. The van der Waals surface area contributed by atoms with Crippen LogP contribution in [0.4, 0.5) is 0 Å². The second-order valence-electron chi connectivity index (χ2n) is 3.64. The van der Waals surface area contributed by atoms with Gasteiger partial charge in [-0.3, -0.25) is 4.99 Å². The van der Waals surface area contributed by atoms with Crippen LogP contribution in [0.15, 0.2) is 4.99 Å². The minimum atomic E-state index is -0.663. The SMILES string of the molecule is CC1CCCC1(O)CN=C(N)N. The standard InChI is InChI=1S/C8H17N3O/c1-6-3-2-4-8(6,12)5-11-7(9)10/h6,12H,2-5H2,1H3,(H4,9,10,11). The van der Waals surface area contributed by atoms with Crippen molar-refractivity contribution >= 4 is 5.96 Å². The van der Waals surface area contributed by atoms with Crippen LogP contribution in [0.25, 0.3) is 0 Å². The molecule has 0 aliphatic heterocycles. The first-order valence-corrected chi connectivity index (χ1v) is 4.32. The fourth-order valence-electron chi connectivity index (χ4n) is 1.69. The number of nitrogens with zero attached hydrogens (tertiary/aromatic N) is 1. The van der Waals surface area contributed by atoms with Crippen LogP contribution in [0, 0.1) is 5.92 Å². The summed E-state index contributed by atoms with van der Waals surface area (Å²) < 4.78 is 0. The van der Waals surface area contributed by atoms with Crippen LogP contribution in [0.5, 0.6) is 0 Å². The first kappa shape index (κ1) is 9.32. The molecule has 70 valence electrons. The van der Waals surface area contributed by atoms with Crippen molar-refractivity contribution < 1.29 is 5.11 Å². The maximum atomic E-state index is 9.99. The predicted molar refractivity (Wildman–Crippen MR) is 48.6 cm³/mol. The van der Waals surface area contributed by atoms with E-state index in [2.05, 4.69) is 4.99 Å². The van der Waals surface area contributed by atoms with Crippen LogP contribution >= 0.6 is 0 Å². The summed E-state index contributed by atoms with van der Waals surface area (Å²) >= 11 is 0. The van der Waals surface area contributed by atoms with Gasteiger partial charge >= 0.3 is 0 Å². The lowest BCUT2D eigenvalue weighted by atomic mass is 9.93. The molecule has 0 bridgehead atoms. The molecule has 2 atom stereocenters. The molecule has 1 rings (SSSR count). The number of hydrogen-bond acceptors (Lipinski definition) is 2. The minimum Gasteiger partial charge on any atom is -0.388 e. The van der Waals surface area contributed by atoms with Crippen LogP contribution in [0.2, 0.25) is 0 Å². The Bertz CT molecular complexity index is 189. The highest BCUT2D eigenvalue weighted by molar-refractivity contribution is 5.75. The van der Waals surface area contributed by atoms with E-state index in [0.29, 0.717) is 12.5 Å². The van der Waals surface area contributed by atoms with Gasteiger partial charge in [0.2, 0.25) is 0 Å². The zero-order chi connectivity index (χ0) is 9.19. The summed E-state index contributed by atoms with van der Waals surface area (Å²) in [6, 6.07) is 0. The van der Waals surface area contributed by atoms with E-state index in [9.17, 15) is 5.11 Å². The summed E-state index contributed by atoms with van der Waals surface area (Å²) in [4.78, 5) is 3.85. The molecule has 5 N–H and O–H groups in total. The molecule has 0 amide bonds. The second-order valence-corrected chi connectivity index (χ2v) is 3.64. The van der Waals surface area contributed by atoms with Crippen molar-refractivity contribution in [1.29, 1.82) is 0 Å². The number of aliphatic hydroxyl groups is 1. The van der Waals surface area contributed by atoms with Gasteiger partial charge in [0.05, 0.1) is 12.1 Å². The summed E-state index contributed by atoms with van der Waals surface area (Å²) in [6.07, 6.45) is 2.94. The lowest BCUT2D eigenvalue weighted by Crippen LogP contribution is -2.37. The third-order valence-electron chi connectivity index (χ3n) is 2.70. The number of guanidine groups is 1. The van der Waals surface area contributed by atoms with Gasteiger partial charge in [-0.25, -0.2) is 0 Å². The average molecular weight is 171 g/mol. The molecule has 0 aromatic rings. The lowest BCUT2D eigenvalue weighted by molar-refractivity contribution is 0.0187. The molecule has 0 heterocycles. The van der Waals surface area contributed by atoms with E-state index in [-0.39, 0.29) is 5.96 Å². The van der Waals surface area contributed by atoms with E-state index in [1.54, 1.807) is 0 Å². The summed E-state index contributed by atoms with van der Waals surface area (Å²) in [5.41, 5.74) is 9.72. The monoisotopic (exact) mass is 171 g/mol. The van der Waals surface area contributed by atoms with Crippen molar-refractivity contribution in [3.8, 4) is 0 Å². The molecule has 0 aromatic heterocycles. The smallest absolute Gasteiger partial charge is 0.186 e. The largest absolute Gasteiger partial charge is 0.388 e. The maximum absolute atomic E-state index is 9.99. The van der Waals surface area contributed by atoms with Crippen molar-refractivity contribution in [3.63, 3.8) is 0 Å². The Hall–Kier alpha value is -0.770. The molecular weight excluding hydrogens is 154 g/mol. The lowest BCUT2D eigenvalue weighted by Gasteiger charge is -2.25.